The van der Waals surface area contributed by atoms with Crippen LogP contribution in [0.2, 0.25) is 0 Å². The molecule has 1 heterocycles. The van der Waals surface area contributed by atoms with Gasteiger partial charge in [-0.3, -0.25) is 9.48 Å². The smallest absolute Gasteiger partial charge is 0.258 e. The number of hydrogen-bond acceptors (Lipinski definition) is 4. The van der Waals surface area contributed by atoms with E-state index in [1.54, 1.807) is 9.58 Å². The monoisotopic (exact) mass is 293 g/mol. The number of nitrogens with zero attached hydrogens (tertiary/aromatic N) is 4. The maximum absolute atomic E-state index is 12.9. The number of carbonyl (C=O) groups excluding carboxylic acids is 1. The number of oxime groups is 1. The molecule has 2 rings (SSSR count). The standard InChI is InChI=1S/C14H23N5O2/c1-9-13(10(2)18(3)16-9)14(20)19(8-12(15)17-21)11-6-4-5-7-11/h11,21H,4-8H2,1-3H3,(H2,15,17). The predicted octanol–water partition coefficient (Wildman–Crippen LogP) is 1.17. The van der Waals surface area contributed by atoms with Crippen LogP contribution in [0, 0.1) is 13.8 Å². The molecule has 0 saturated heterocycles. The molecular weight excluding hydrogens is 270 g/mol. The summed E-state index contributed by atoms with van der Waals surface area (Å²) in [5.41, 5.74) is 7.79. The lowest BCUT2D eigenvalue weighted by Crippen LogP contribution is -2.44. The van der Waals surface area contributed by atoms with Crippen LogP contribution >= 0.6 is 0 Å². The third kappa shape index (κ3) is 3.01. The van der Waals surface area contributed by atoms with E-state index in [0.717, 1.165) is 31.4 Å². The normalized spacial score (nSPS) is 16.4. The minimum atomic E-state index is -0.0865. The minimum absolute atomic E-state index is 0.0504. The van der Waals surface area contributed by atoms with Gasteiger partial charge in [0.1, 0.15) is 0 Å². The number of amides is 1. The van der Waals surface area contributed by atoms with Gasteiger partial charge in [0, 0.05) is 18.8 Å². The number of rotatable bonds is 4. The Bertz CT molecular complexity index is 558. The number of carbonyl (C=O) groups is 1. The molecule has 0 unspecified atom stereocenters. The van der Waals surface area contributed by atoms with Crippen molar-refractivity contribution in [2.75, 3.05) is 6.54 Å². The summed E-state index contributed by atoms with van der Waals surface area (Å²) in [4.78, 5) is 14.6. The molecular formula is C14H23N5O2. The average Bonchev–Trinajstić information content (AvgIpc) is 3.05. The van der Waals surface area contributed by atoms with Gasteiger partial charge >= 0.3 is 0 Å². The van der Waals surface area contributed by atoms with Crippen LogP contribution < -0.4 is 5.73 Å². The summed E-state index contributed by atoms with van der Waals surface area (Å²) in [6, 6.07) is 0.150. The first-order chi connectivity index (χ1) is 9.95. The first kappa shape index (κ1) is 15.3. The van der Waals surface area contributed by atoms with Crippen LogP contribution in [0.15, 0.2) is 5.16 Å². The van der Waals surface area contributed by atoms with Gasteiger partial charge in [-0.15, -0.1) is 0 Å². The molecule has 3 N–H and O–H groups in total. The van der Waals surface area contributed by atoms with Gasteiger partial charge in [0.05, 0.1) is 17.8 Å². The highest BCUT2D eigenvalue weighted by Crippen LogP contribution is 2.26. The van der Waals surface area contributed by atoms with E-state index in [1.807, 2.05) is 20.9 Å². The van der Waals surface area contributed by atoms with E-state index in [-0.39, 0.29) is 24.3 Å². The second-order valence-electron chi connectivity index (χ2n) is 5.63. The number of aromatic nitrogens is 2. The molecule has 0 radical (unpaired) electrons. The molecule has 1 aromatic rings. The molecule has 0 spiro atoms. The third-order valence-electron chi connectivity index (χ3n) is 4.21. The molecule has 116 valence electrons. The quantitative estimate of drug-likeness (QED) is 0.377. The van der Waals surface area contributed by atoms with Gasteiger partial charge < -0.3 is 15.8 Å². The average molecular weight is 293 g/mol. The summed E-state index contributed by atoms with van der Waals surface area (Å²) in [5.74, 6) is -0.0361. The van der Waals surface area contributed by atoms with Gasteiger partial charge in [0.2, 0.25) is 0 Å². The van der Waals surface area contributed by atoms with E-state index in [0.29, 0.717) is 11.3 Å². The molecule has 7 nitrogen and oxygen atoms in total. The third-order valence-corrected chi connectivity index (χ3v) is 4.21. The predicted molar refractivity (Wildman–Crippen MR) is 79.4 cm³/mol. The van der Waals surface area contributed by atoms with Crippen molar-refractivity contribution < 1.29 is 10.0 Å². The molecule has 7 heteroatoms. The zero-order chi connectivity index (χ0) is 15.6. The van der Waals surface area contributed by atoms with Crippen LogP contribution in [0.1, 0.15) is 47.4 Å². The Kier molecular flexibility index (Phi) is 4.50. The van der Waals surface area contributed by atoms with E-state index in [4.69, 9.17) is 10.9 Å². The Hall–Kier alpha value is -2.05. The molecule has 0 aliphatic heterocycles. The zero-order valence-corrected chi connectivity index (χ0v) is 12.8. The fraction of sp³-hybridized carbons (Fsp3) is 0.643. The molecule has 1 fully saturated rings. The van der Waals surface area contributed by atoms with Crippen molar-refractivity contribution in [3.05, 3.63) is 17.0 Å². The molecule has 0 aromatic carbocycles. The van der Waals surface area contributed by atoms with Gasteiger partial charge in [0.15, 0.2) is 5.84 Å². The fourth-order valence-corrected chi connectivity index (χ4v) is 3.02. The van der Waals surface area contributed by atoms with Gasteiger partial charge in [-0.2, -0.15) is 5.10 Å². The van der Waals surface area contributed by atoms with Crippen LogP contribution in [0.3, 0.4) is 0 Å². The molecule has 1 aliphatic rings. The van der Waals surface area contributed by atoms with E-state index < -0.39 is 0 Å². The van der Waals surface area contributed by atoms with Crippen LogP contribution in [-0.2, 0) is 7.05 Å². The van der Waals surface area contributed by atoms with E-state index >= 15 is 0 Å². The summed E-state index contributed by atoms with van der Waals surface area (Å²) in [6.07, 6.45) is 4.14. The summed E-state index contributed by atoms with van der Waals surface area (Å²) >= 11 is 0. The second-order valence-corrected chi connectivity index (χ2v) is 5.63. The maximum atomic E-state index is 12.9. The Morgan fingerprint density at radius 3 is 2.57 bits per heavy atom. The van der Waals surface area contributed by atoms with Crippen molar-refractivity contribution in [1.29, 1.82) is 0 Å². The van der Waals surface area contributed by atoms with Gasteiger partial charge in [0.25, 0.3) is 5.91 Å². The highest BCUT2D eigenvalue weighted by Gasteiger charge is 2.31. The highest BCUT2D eigenvalue weighted by molar-refractivity contribution is 5.99. The van der Waals surface area contributed by atoms with Crippen molar-refractivity contribution in [2.24, 2.45) is 17.9 Å². The van der Waals surface area contributed by atoms with E-state index in [9.17, 15) is 4.79 Å². The van der Waals surface area contributed by atoms with E-state index in [2.05, 4.69) is 10.3 Å². The maximum Gasteiger partial charge on any atom is 0.258 e. The van der Waals surface area contributed by atoms with Gasteiger partial charge in [-0.05, 0) is 26.7 Å². The number of amidine groups is 1. The molecule has 0 atom stereocenters. The van der Waals surface area contributed by atoms with Crippen molar-refractivity contribution in [1.82, 2.24) is 14.7 Å². The Balaban J connectivity index is 2.33. The summed E-state index contributed by atoms with van der Waals surface area (Å²) in [6.45, 7) is 3.86. The molecule has 0 bridgehead atoms. The summed E-state index contributed by atoms with van der Waals surface area (Å²) < 4.78 is 1.71. The van der Waals surface area contributed by atoms with Crippen LogP contribution in [0.4, 0.5) is 0 Å². The number of nitrogens with two attached hydrogens (primary N) is 1. The van der Waals surface area contributed by atoms with Crippen molar-refractivity contribution >= 4 is 11.7 Å². The Morgan fingerprint density at radius 2 is 2.10 bits per heavy atom. The number of aryl methyl sites for hydroxylation is 2. The lowest BCUT2D eigenvalue weighted by molar-refractivity contribution is 0.0710. The molecule has 1 aliphatic carbocycles. The lowest BCUT2D eigenvalue weighted by Gasteiger charge is -2.28. The molecule has 21 heavy (non-hydrogen) atoms. The van der Waals surface area contributed by atoms with Crippen molar-refractivity contribution in [3.8, 4) is 0 Å². The summed E-state index contributed by atoms with van der Waals surface area (Å²) in [7, 11) is 1.82. The highest BCUT2D eigenvalue weighted by atomic mass is 16.4. The second kappa shape index (κ2) is 6.15. The fourth-order valence-electron chi connectivity index (χ4n) is 3.02. The SMILES string of the molecule is Cc1nn(C)c(C)c1C(=O)N(CC(N)=NO)C1CCCC1. The van der Waals surface area contributed by atoms with Gasteiger partial charge in [-0.25, -0.2) is 0 Å². The number of hydrogen-bond donors (Lipinski definition) is 2. The minimum Gasteiger partial charge on any atom is -0.409 e. The molecule has 1 amide bonds. The van der Waals surface area contributed by atoms with Crippen molar-refractivity contribution in [3.63, 3.8) is 0 Å². The van der Waals surface area contributed by atoms with E-state index in [1.165, 1.54) is 0 Å². The zero-order valence-electron chi connectivity index (χ0n) is 12.8. The first-order valence-corrected chi connectivity index (χ1v) is 7.23. The van der Waals surface area contributed by atoms with Crippen molar-refractivity contribution in [2.45, 2.75) is 45.6 Å². The largest absolute Gasteiger partial charge is 0.409 e. The Morgan fingerprint density at radius 1 is 1.48 bits per heavy atom. The first-order valence-electron chi connectivity index (χ1n) is 7.23. The topological polar surface area (TPSA) is 96.7 Å². The van der Waals surface area contributed by atoms with Crippen LogP contribution in [0.5, 0.6) is 0 Å². The Labute approximate surface area is 124 Å². The molecule has 1 saturated carbocycles. The summed E-state index contributed by atoms with van der Waals surface area (Å²) in [5, 5.41) is 16.1. The van der Waals surface area contributed by atoms with Crippen LogP contribution in [0.25, 0.3) is 0 Å². The lowest BCUT2D eigenvalue weighted by atomic mass is 10.1. The van der Waals surface area contributed by atoms with Gasteiger partial charge in [-0.1, -0.05) is 18.0 Å². The van der Waals surface area contributed by atoms with Crippen LogP contribution in [-0.4, -0.2) is 44.2 Å². The molecule has 1 aromatic heterocycles.